The van der Waals surface area contributed by atoms with Crippen LogP contribution in [0.1, 0.15) is 30.1 Å². The molecule has 1 saturated carbocycles. The molecule has 0 atom stereocenters. The number of carbonyl (C=O) groups is 1. The SMILES string of the molecule is CCOC(=O)c1c(NC2CC2)nn2cccnc12. The highest BCUT2D eigenvalue weighted by Crippen LogP contribution is 2.27. The average Bonchev–Trinajstić information content (AvgIpc) is 3.09. The minimum Gasteiger partial charge on any atom is -0.462 e. The Morgan fingerprint density at radius 3 is 3.17 bits per heavy atom. The zero-order valence-corrected chi connectivity index (χ0v) is 10.1. The fourth-order valence-electron chi connectivity index (χ4n) is 1.80. The number of fused-ring (bicyclic) bond motifs is 1. The zero-order valence-electron chi connectivity index (χ0n) is 10.1. The standard InChI is InChI=1S/C12H14N4O2/c1-2-18-12(17)9-10(14-8-4-5-8)15-16-7-3-6-13-11(9)16/h3,6-8H,2,4-5H2,1H3,(H,14,15). The van der Waals surface area contributed by atoms with Crippen molar-refractivity contribution >= 4 is 17.4 Å². The van der Waals surface area contributed by atoms with Gasteiger partial charge in [-0.3, -0.25) is 0 Å². The van der Waals surface area contributed by atoms with Crippen LogP contribution in [-0.4, -0.2) is 33.2 Å². The molecule has 6 nitrogen and oxygen atoms in total. The summed E-state index contributed by atoms with van der Waals surface area (Å²) in [6.07, 6.45) is 5.64. The molecule has 1 aliphatic rings. The molecule has 94 valence electrons. The molecule has 3 rings (SSSR count). The van der Waals surface area contributed by atoms with E-state index in [1.165, 1.54) is 0 Å². The highest BCUT2D eigenvalue weighted by atomic mass is 16.5. The summed E-state index contributed by atoms with van der Waals surface area (Å²) in [6, 6.07) is 2.19. The molecule has 0 bridgehead atoms. The summed E-state index contributed by atoms with van der Waals surface area (Å²) >= 11 is 0. The molecule has 0 spiro atoms. The predicted octanol–water partition coefficient (Wildman–Crippen LogP) is 1.48. The summed E-state index contributed by atoms with van der Waals surface area (Å²) in [6.45, 7) is 2.12. The van der Waals surface area contributed by atoms with Gasteiger partial charge in [-0.05, 0) is 25.8 Å². The topological polar surface area (TPSA) is 68.5 Å². The molecule has 2 aromatic rings. The van der Waals surface area contributed by atoms with Gasteiger partial charge in [-0.2, -0.15) is 0 Å². The second-order valence-electron chi connectivity index (χ2n) is 4.25. The minimum atomic E-state index is -0.380. The molecule has 6 heteroatoms. The number of nitrogens with zero attached hydrogens (tertiary/aromatic N) is 3. The third kappa shape index (κ3) is 1.90. The molecular formula is C12H14N4O2. The van der Waals surface area contributed by atoms with Gasteiger partial charge in [0, 0.05) is 18.4 Å². The van der Waals surface area contributed by atoms with Crippen molar-refractivity contribution < 1.29 is 9.53 Å². The fourth-order valence-corrected chi connectivity index (χ4v) is 1.80. The number of anilines is 1. The zero-order chi connectivity index (χ0) is 12.5. The molecular weight excluding hydrogens is 232 g/mol. The lowest BCUT2D eigenvalue weighted by Crippen LogP contribution is -2.10. The van der Waals surface area contributed by atoms with Crippen LogP contribution in [0.3, 0.4) is 0 Å². The molecule has 0 radical (unpaired) electrons. The Balaban J connectivity index is 2.07. The maximum absolute atomic E-state index is 12.0. The van der Waals surface area contributed by atoms with E-state index in [2.05, 4.69) is 15.4 Å². The molecule has 2 heterocycles. The van der Waals surface area contributed by atoms with Gasteiger partial charge in [-0.15, -0.1) is 5.10 Å². The lowest BCUT2D eigenvalue weighted by atomic mass is 10.3. The number of hydrogen-bond acceptors (Lipinski definition) is 5. The second kappa shape index (κ2) is 4.29. The van der Waals surface area contributed by atoms with Crippen molar-refractivity contribution in [2.75, 3.05) is 11.9 Å². The van der Waals surface area contributed by atoms with Gasteiger partial charge in [0.15, 0.2) is 11.5 Å². The first-order valence-electron chi connectivity index (χ1n) is 6.06. The van der Waals surface area contributed by atoms with Crippen LogP contribution in [0.5, 0.6) is 0 Å². The molecule has 1 aliphatic carbocycles. The Kier molecular flexibility index (Phi) is 2.62. The van der Waals surface area contributed by atoms with Gasteiger partial charge < -0.3 is 10.1 Å². The van der Waals surface area contributed by atoms with E-state index in [1.54, 1.807) is 29.9 Å². The predicted molar refractivity (Wildman–Crippen MR) is 65.6 cm³/mol. The maximum Gasteiger partial charge on any atom is 0.345 e. The van der Waals surface area contributed by atoms with E-state index in [9.17, 15) is 4.79 Å². The Morgan fingerprint density at radius 2 is 2.44 bits per heavy atom. The molecule has 0 aliphatic heterocycles. The number of carbonyl (C=O) groups excluding carboxylic acids is 1. The summed E-state index contributed by atoms with van der Waals surface area (Å²) < 4.78 is 6.66. The van der Waals surface area contributed by atoms with Crippen LogP contribution in [0, 0.1) is 0 Å². The van der Waals surface area contributed by atoms with Crippen molar-refractivity contribution in [2.45, 2.75) is 25.8 Å². The van der Waals surface area contributed by atoms with Gasteiger partial charge in [0.2, 0.25) is 0 Å². The van der Waals surface area contributed by atoms with E-state index >= 15 is 0 Å². The number of hydrogen-bond donors (Lipinski definition) is 1. The molecule has 0 saturated heterocycles. The third-order valence-electron chi connectivity index (χ3n) is 2.79. The Hall–Kier alpha value is -2.11. The van der Waals surface area contributed by atoms with Crippen LogP contribution < -0.4 is 5.32 Å². The normalized spacial score (nSPS) is 14.7. The van der Waals surface area contributed by atoms with Crippen molar-refractivity contribution in [3.63, 3.8) is 0 Å². The summed E-state index contributed by atoms with van der Waals surface area (Å²) in [5.74, 6) is 0.184. The smallest absolute Gasteiger partial charge is 0.345 e. The van der Waals surface area contributed by atoms with E-state index in [0.29, 0.717) is 29.7 Å². The van der Waals surface area contributed by atoms with E-state index in [4.69, 9.17) is 4.74 Å². The third-order valence-corrected chi connectivity index (χ3v) is 2.79. The van der Waals surface area contributed by atoms with Crippen molar-refractivity contribution in [3.8, 4) is 0 Å². The number of aromatic nitrogens is 3. The van der Waals surface area contributed by atoms with E-state index in [1.807, 2.05) is 0 Å². The highest BCUT2D eigenvalue weighted by Gasteiger charge is 2.27. The summed E-state index contributed by atoms with van der Waals surface area (Å²) in [5.41, 5.74) is 0.948. The average molecular weight is 246 g/mol. The van der Waals surface area contributed by atoms with E-state index < -0.39 is 0 Å². The number of nitrogens with one attached hydrogen (secondary N) is 1. The first-order valence-corrected chi connectivity index (χ1v) is 6.06. The molecule has 0 amide bonds. The Labute approximate surface area is 104 Å². The van der Waals surface area contributed by atoms with Gasteiger partial charge in [-0.25, -0.2) is 14.3 Å². The monoisotopic (exact) mass is 246 g/mol. The summed E-state index contributed by atoms with van der Waals surface area (Å²) in [7, 11) is 0. The van der Waals surface area contributed by atoms with Gasteiger partial charge >= 0.3 is 5.97 Å². The summed E-state index contributed by atoms with van der Waals surface area (Å²) in [4.78, 5) is 16.2. The number of esters is 1. The van der Waals surface area contributed by atoms with E-state index in [-0.39, 0.29) is 5.97 Å². The summed E-state index contributed by atoms with van der Waals surface area (Å²) in [5, 5.41) is 7.58. The molecule has 0 aromatic carbocycles. The molecule has 0 unspecified atom stereocenters. The van der Waals surface area contributed by atoms with Crippen molar-refractivity contribution in [2.24, 2.45) is 0 Å². The first kappa shape index (κ1) is 11.0. The van der Waals surface area contributed by atoms with Crippen LogP contribution in [0.25, 0.3) is 5.65 Å². The van der Waals surface area contributed by atoms with Crippen LogP contribution in [0.15, 0.2) is 18.5 Å². The molecule has 1 fully saturated rings. The minimum absolute atomic E-state index is 0.339. The Bertz CT molecular complexity index is 589. The van der Waals surface area contributed by atoms with Crippen LogP contribution in [-0.2, 0) is 4.74 Å². The molecule has 1 N–H and O–H groups in total. The van der Waals surface area contributed by atoms with Gasteiger partial charge in [0.05, 0.1) is 6.61 Å². The van der Waals surface area contributed by atoms with Crippen LogP contribution >= 0.6 is 0 Å². The van der Waals surface area contributed by atoms with Gasteiger partial charge in [0.25, 0.3) is 0 Å². The maximum atomic E-state index is 12.0. The largest absolute Gasteiger partial charge is 0.462 e. The quantitative estimate of drug-likeness (QED) is 0.827. The first-order chi connectivity index (χ1) is 8.79. The number of ether oxygens (including phenoxy) is 1. The lowest BCUT2D eigenvalue weighted by Gasteiger charge is -2.03. The molecule has 2 aromatic heterocycles. The highest BCUT2D eigenvalue weighted by molar-refractivity contribution is 6.01. The van der Waals surface area contributed by atoms with Crippen molar-refractivity contribution in [1.82, 2.24) is 14.6 Å². The van der Waals surface area contributed by atoms with E-state index in [0.717, 1.165) is 12.8 Å². The lowest BCUT2D eigenvalue weighted by molar-refractivity contribution is 0.0529. The van der Waals surface area contributed by atoms with Gasteiger partial charge in [0.1, 0.15) is 5.56 Å². The molecule has 18 heavy (non-hydrogen) atoms. The van der Waals surface area contributed by atoms with Crippen molar-refractivity contribution in [3.05, 3.63) is 24.0 Å². The Morgan fingerprint density at radius 1 is 1.61 bits per heavy atom. The van der Waals surface area contributed by atoms with Crippen LogP contribution in [0.4, 0.5) is 5.82 Å². The van der Waals surface area contributed by atoms with Crippen LogP contribution in [0.2, 0.25) is 0 Å². The van der Waals surface area contributed by atoms with Crippen molar-refractivity contribution in [1.29, 1.82) is 0 Å². The number of rotatable bonds is 4. The fraction of sp³-hybridized carbons (Fsp3) is 0.417. The van der Waals surface area contributed by atoms with Gasteiger partial charge in [-0.1, -0.05) is 0 Å². The second-order valence-corrected chi connectivity index (χ2v) is 4.25.